The Morgan fingerprint density at radius 1 is 1.47 bits per heavy atom. The molecule has 0 bridgehead atoms. The van der Waals surface area contributed by atoms with Crippen LogP contribution in [0.15, 0.2) is 30.6 Å². The van der Waals surface area contributed by atoms with E-state index in [1.165, 1.54) is 0 Å². The second-order valence-corrected chi connectivity index (χ2v) is 3.24. The molecule has 2 aromatic rings. The van der Waals surface area contributed by atoms with E-state index >= 15 is 0 Å². The molecule has 4 nitrogen and oxygen atoms in total. The Bertz CT molecular complexity index is 489. The molecule has 0 radical (unpaired) electrons. The van der Waals surface area contributed by atoms with Gasteiger partial charge in [0.15, 0.2) is 0 Å². The van der Waals surface area contributed by atoms with Gasteiger partial charge in [0.1, 0.15) is 5.82 Å². The van der Waals surface area contributed by atoms with Crippen LogP contribution in [0, 0.1) is 6.92 Å². The number of nitrogens with zero attached hydrogens (tertiary/aromatic N) is 1. The van der Waals surface area contributed by atoms with Crippen LogP contribution in [0.2, 0.25) is 0 Å². The summed E-state index contributed by atoms with van der Waals surface area (Å²) in [5, 5.41) is 9.05. The van der Waals surface area contributed by atoms with E-state index in [4.69, 9.17) is 5.11 Å². The number of carboxylic acids is 1. The highest BCUT2D eigenvalue weighted by atomic mass is 16.4. The number of nitrogens with one attached hydrogen (secondary N) is 1. The van der Waals surface area contributed by atoms with Gasteiger partial charge >= 0.3 is 5.97 Å². The van der Waals surface area contributed by atoms with Crippen molar-refractivity contribution in [1.82, 2.24) is 9.97 Å². The van der Waals surface area contributed by atoms with Crippen molar-refractivity contribution in [3.63, 3.8) is 0 Å². The molecule has 0 saturated heterocycles. The average Bonchev–Trinajstić information content (AvgIpc) is 2.70. The van der Waals surface area contributed by atoms with Gasteiger partial charge in [-0.15, -0.1) is 0 Å². The number of H-pyrrole nitrogens is 1. The molecule has 1 heterocycles. The van der Waals surface area contributed by atoms with Crippen molar-refractivity contribution >= 4 is 5.97 Å². The Balaban J connectivity index is 2.68. The van der Waals surface area contributed by atoms with Gasteiger partial charge in [0.2, 0.25) is 0 Å². The van der Waals surface area contributed by atoms with E-state index in [0.717, 1.165) is 5.56 Å². The number of aromatic nitrogens is 2. The summed E-state index contributed by atoms with van der Waals surface area (Å²) < 4.78 is 0. The lowest BCUT2D eigenvalue weighted by molar-refractivity contribution is 0.0697. The van der Waals surface area contributed by atoms with Crippen molar-refractivity contribution in [1.29, 1.82) is 0 Å². The van der Waals surface area contributed by atoms with E-state index in [0.29, 0.717) is 11.4 Å². The zero-order valence-corrected chi connectivity index (χ0v) is 8.19. The van der Waals surface area contributed by atoms with Crippen molar-refractivity contribution in [2.45, 2.75) is 6.92 Å². The molecule has 0 atom stereocenters. The van der Waals surface area contributed by atoms with Crippen LogP contribution in [-0.2, 0) is 0 Å². The Hall–Kier alpha value is -2.10. The number of imidazole rings is 1. The smallest absolute Gasteiger partial charge is 0.336 e. The number of hydrogen-bond donors (Lipinski definition) is 2. The normalized spacial score (nSPS) is 10.2. The average molecular weight is 202 g/mol. The highest BCUT2D eigenvalue weighted by Crippen LogP contribution is 2.24. The number of carboxylic acid groups (broad SMARTS) is 1. The van der Waals surface area contributed by atoms with Gasteiger partial charge in [-0.3, -0.25) is 0 Å². The third-order valence-corrected chi connectivity index (χ3v) is 2.24. The molecule has 2 rings (SSSR count). The third kappa shape index (κ3) is 1.61. The second kappa shape index (κ2) is 3.57. The maximum Gasteiger partial charge on any atom is 0.336 e. The molecule has 0 amide bonds. The summed E-state index contributed by atoms with van der Waals surface area (Å²) >= 11 is 0. The summed E-state index contributed by atoms with van der Waals surface area (Å²) in [4.78, 5) is 18.0. The van der Waals surface area contributed by atoms with Crippen LogP contribution in [-0.4, -0.2) is 21.0 Å². The zero-order valence-electron chi connectivity index (χ0n) is 8.19. The van der Waals surface area contributed by atoms with E-state index in [1.807, 2.05) is 13.0 Å². The van der Waals surface area contributed by atoms with E-state index < -0.39 is 5.97 Å². The number of carbonyl (C=O) groups is 1. The summed E-state index contributed by atoms with van der Waals surface area (Å²) in [7, 11) is 0. The molecule has 1 aromatic carbocycles. The van der Waals surface area contributed by atoms with Gasteiger partial charge in [0, 0.05) is 18.0 Å². The Morgan fingerprint density at radius 3 is 2.87 bits per heavy atom. The van der Waals surface area contributed by atoms with Crippen LogP contribution in [0.4, 0.5) is 0 Å². The first-order valence-corrected chi connectivity index (χ1v) is 4.53. The highest BCUT2D eigenvalue weighted by molar-refractivity contribution is 5.95. The standard InChI is InChI=1S/C11H10N2O2/c1-7-3-2-4-8(11(14)15)9(7)10-12-5-6-13-10/h2-6H,1H3,(H,12,13)(H,14,15). The molecule has 0 aliphatic carbocycles. The second-order valence-electron chi connectivity index (χ2n) is 3.24. The predicted octanol–water partition coefficient (Wildman–Crippen LogP) is 2.08. The predicted molar refractivity (Wildman–Crippen MR) is 55.7 cm³/mol. The summed E-state index contributed by atoms with van der Waals surface area (Å²) in [5.74, 6) is -0.351. The van der Waals surface area contributed by atoms with Gasteiger partial charge in [-0.2, -0.15) is 0 Å². The molecular weight excluding hydrogens is 192 g/mol. The number of aromatic amines is 1. The summed E-state index contributed by atoms with van der Waals surface area (Å²) in [6, 6.07) is 5.17. The fourth-order valence-corrected chi connectivity index (χ4v) is 1.56. The summed E-state index contributed by atoms with van der Waals surface area (Å²) in [6.07, 6.45) is 3.28. The van der Waals surface area contributed by atoms with Gasteiger partial charge in [0.25, 0.3) is 0 Å². The fourth-order valence-electron chi connectivity index (χ4n) is 1.56. The number of aromatic carboxylic acids is 1. The van der Waals surface area contributed by atoms with Gasteiger partial charge in [-0.1, -0.05) is 12.1 Å². The van der Waals surface area contributed by atoms with Crippen LogP contribution in [0.25, 0.3) is 11.4 Å². The fraction of sp³-hybridized carbons (Fsp3) is 0.0909. The van der Waals surface area contributed by atoms with Gasteiger partial charge in [-0.05, 0) is 18.6 Å². The molecule has 76 valence electrons. The van der Waals surface area contributed by atoms with Crippen molar-refractivity contribution in [2.24, 2.45) is 0 Å². The third-order valence-electron chi connectivity index (χ3n) is 2.24. The minimum Gasteiger partial charge on any atom is -0.478 e. The van der Waals surface area contributed by atoms with E-state index in [1.54, 1.807) is 24.5 Å². The molecule has 0 fully saturated rings. The molecule has 4 heteroatoms. The van der Waals surface area contributed by atoms with E-state index in [2.05, 4.69) is 9.97 Å². The van der Waals surface area contributed by atoms with Crippen LogP contribution in [0.1, 0.15) is 15.9 Å². The highest BCUT2D eigenvalue weighted by Gasteiger charge is 2.14. The van der Waals surface area contributed by atoms with Gasteiger partial charge in [-0.25, -0.2) is 9.78 Å². The maximum absolute atomic E-state index is 11.0. The lowest BCUT2D eigenvalue weighted by Gasteiger charge is -2.06. The molecule has 0 saturated carbocycles. The molecule has 1 aromatic heterocycles. The minimum absolute atomic E-state index is 0.268. The quantitative estimate of drug-likeness (QED) is 0.783. The van der Waals surface area contributed by atoms with Crippen LogP contribution in [0.3, 0.4) is 0 Å². The molecule has 0 aliphatic rings. The van der Waals surface area contributed by atoms with Gasteiger partial charge < -0.3 is 10.1 Å². The molecule has 0 aliphatic heterocycles. The van der Waals surface area contributed by atoms with E-state index in [9.17, 15) is 4.79 Å². The Labute approximate surface area is 86.6 Å². The first-order chi connectivity index (χ1) is 7.20. The maximum atomic E-state index is 11.0. The molecular formula is C11H10N2O2. The molecule has 0 spiro atoms. The van der Waals surface area contributed by atoms with Crippen molar-refractivity contribution < 1.29 is 9.90 Å². The van der Waals surface area contributed by atoms with Crippen LogP contribution < -0.4 is 0 Å². The Morgan fingerprint density at radius 2 is 2.27 bits per heavy atom. The van der Waals surface area contributed by atoms with Crippen molar-refractivity contribution in [3.05, 3.63) is 41.7 Å². The summed E-state index contributed by atoms with van der Waals surface area (Å²) in [5.41, 5.74) is 1.81. The van der Waals surface area contributed by atoms with Crippen LogP contribution >= 0.6 is 0 Å². The monoisotopic (exact) mass is 202 g/mol. The molecule has 15 heavy (non-hydrogen) atoms. The number of hydrogen-bond acceptors (Lipinski definition) is 2. The summed E-state index contributed by atoms with van der Waals surface area (Å²) in [6.45, 7) is 1.87. The lowest BCUT2D eigenvalue weighted by Crippen LogP contribution is -2.01. The van der Waals surface area contributed by atoms with Crippen molar-refractivity contribution in [2.75, 3.05) is 0 Å². The first kappa shape index (κ1) is 9.45. The van der Waals surface area contributed by atoms with Crippen LogP contribution in [0.5, 0.6) is 0 Å². The number of rotatable bonds is 2. The topological polar surface area (TPSA) is 66.0 Å². The van der Waals surface area contributed by atoms with Crippen molar-refractivity contribution in [3.8, 4) is 11.4 Å². The largest absolute Gasteiger partial charge is 0.478 e. The Kier molecular flexibility index (Phi) is 2.25. The van der Waals surface area contributed by atoms with Gasteiger partial charge in [0.05, 0.1) is 5.56 Å². The zero-order chi connectivity index (χ0) is 10.8. The number of aryl methyl sites for hydroxylation is 1. The lowest BCUT2D eigenvalue weighted by atomic mass is 10.0. The number of benzene rings is 1. The van der Waals surface area contributed by atoms with E-state index in [-0.39, 0.29) is 5.56 Å². The molecule has 2 N–H and O–H groups in total. The first-order valence-electron chi connectivity index (χ1n) is 4.53. The SMILES string of the molecule is Cc1cccc(C(=O)O)c1-c1ncc[nH]1. The minimum atomic E-state index is -0.940. The molecule has 0 unspecified atom stereocenters.